The fourth-order valence-electron chi connectivity index (χ4n) is 1.73. The minimum Gasteiger partial charge on any atom is -0.379 e. The van der Waals surface area contributed by atoms with Gasteiger partial charge in [-0.05, 0) is 30.7 Å². The Labute approximate surface area is 118 Å². The van der Waals surface area contributed by atoms with Crippen molar-refractivity contribution in [1.29, 1.82) is 0 Å². The van der Waals surface area contributed by atoms with Crippen LogP contribution in [-0.2, 0) is 6.54 Å². The maximum atomic E-state index is 11.9. The second kappa shape index (κ2) is 7.23. The van der Waals surface area contributed by atoms with E-state index < -0.39 is 0 Å². The maximum absolute atomic E-state index is 11.9. The van der Waals surface area contributed by atoms with Crippen molar-refractivity contribution in [1.82, 2.24) is 15.3 Å². The quantitative estimate of drug-likeness (QED) is 0.844. The smallest absolute Gasteiger partial charge is 0.251 e. The summed E-state index contributed by atoms with van der Waals surface area (Å²) in [6.07, 6.45) is 4.15. The van der Waals surface area contributed by atoms with E-state index in [-0.39, 0.29) is 5.91 Å². The van der Waals surface area contributed by atoms with Gasteiger partial charge in [0.05, 0.1) is 12.2 Å². The summed E-state index contributed by atoms with van der Waals surface area (Å²) in [6.45, 7) is 3.32. The fraction of sp³-hybridized carbons (Fsp3) is 0.267. The Morgan fingerprint density at radius 2 is 2.20 bits per heavy atom. The van der Waals surface area contributed by atoms with Gasteiger partial charge in [0, 0.05) is 24.0 Å². The molecule has 0 bridgehead atoms. The summed E-state index contributed by atoms with van der Waals surface area (Å²) in [5, 5.41) is 6.10. The van der Waals surface area contributed by atoms with Crippen LogP contribution in [0.2, 0.25) is 0 Å². The molecule has 0 unspecified atom stereocenters. The van der Waals surface area contributed by atoms with Gasteiger partial charge in [0.15, 0.2) is 0 Å². The largest absolute Gasteiger partial charge is 0.379 e. The van der Waals surface area contributed by atoms with E-state index >= 15 is 0 Å². The van der Waals surface area contributed by atoms with Crippen molar-refractivity contribution in [3.8, 4) is 0 Å². The standard InChI is InChI=1S/C15H18N4O/c1-2-7-17-15(20)12-4-3-5-13(9-12)18-10-14-6-8-16-11-19-14/h3-6,8-9,11,18H,2,7,10H2,1H3,(H,17,20). The van der Waals surface area contributed by atoms with Crippen LogP contribution in [0.4, 0.5) is 5.69 Å². The first-order chi connectivity index (χ1) is 9.79. The Hall–Kier alpha value is -2.43. The van der Waals surface area contributed by atoms with Crippen LogP contribution >= 0.6 is 0 Å². The molecular weight excluding hydrogens is 252 g/mol. The van der Waals surface area contributed by atoms with Gasteiger partial charge >= 0.3 is 0 Å². The van der Waals surface area contributed by atoms with Gasteiger partial charge < -0.3 is 10.6 Å². The third kappa shape index (κ3) is 4.05. The molecule has 0 fully saturated rings. The molecule has 0 saturated carbocycles. The summed E-state index contributed by atoms with van der Waals surface area (Å²) in [6, 6.07) is 9.29. The zero-order valence-electron chi connectivity index (χ0n) is 11.5. The number of aromatic nitrogens is 2. The van der Waals surface area contributed by atoms with Crippen molar-refractivity contribution < 1.29 is 4.79 Å². The maximum Gasteiger partial charge on any atom is 0.251 e. The van der Waals surface area contributed by atoms with E-state index in [1.807, 2.05) is 31.2 Å². The monoisotopic (exact) mass is 270 g/mol. The molecule has 0 saturated heterocycles. The lowest BCUT2D eigenvalue weighted by atomic mass is 10.2. The molecular formula is C15H18N4O. The Balaban J connectivity index is 1.97. The number of nitrogens with zero attached hydrogens (tertiary/aromatic N) is 2. The fourth-order valence-corrected chi connectivity index (χ4v) is 1.73. The van der Waals surface area contributed by atoms with Crippen LogP contribution in [0.25, 0.3) is 0 Å². The van der Waals surface area contributed by atoms with Gasteiger partial charge in [-0.1, -0.05) is 13.0 Å². The normalized spacial score (nSPS) is 10.1. The molecule has 5 nitrogen and oxygen atoms in total. The number of anilines is 1. The molecule has 0 aliphatic heterocycles. The van der Waals surface area contributed by atoms with Gasteiger partial charge in [0.2, 0.25) is 0 Å². The van der Waals surface area contributed by atoms with Crippen molar-refractivity contribution in [2.75, 3.05) is 11.9 Å². The van der Waals surface area contributed by atoms with Gasteiger partial charge in [-0.3, -0.25) is 4.79 Å². The highest BCUT2D eigenvalue weighted by molar-refractivity contribution is 5.95. The number of carbonyl (C=O) groups is 1. The number of hydrogen-bond donors (Lipinski definition) is 2. The molecule has 1 aromatic carbocycles. The van der Waals surface area contributed by atoms with Gasteiger partial charge in [0.1, 0.15) is 6.33 Å². The molecule has 5 heteroatoms. The second-order valence-corrected chi connectivity index (χ2v) is 4.39. The second-order valence-electron chi connectivity index (χ2n) is 4.39. The Morgan fingerprint density at radius 1 is 1.30 bits per heavy atom. The third-order valence-electron chi connectivity index (χ3n) is 2.78. The lowest BCUT2D eigenvalue weighted by molar-refractivity contribution is 0.0953. The Morgan fingerprint density at radius 3 is 2.95 bits per heavy atom. The summed E-state index contributed by atoms with van der Waals surface area (Å²) in [4.78, 5) is 19.9. The van der Waals surface area contributed by atoms with Crippen LogP contribution < -0.4 is 10.6 Å². The molecule has 0 atom stereocenters. The van der Waals surface area contributed by atoms with E-state index in [1.54, 1.807) is 12.3 Å². The van der Waals surface area contributed by atoms with Crippen molar-refractivity contribution in [3.63, 3.8) is 0 Å². The number of rotatable bonds is 6. The van der Waals surface area contributed by atoms with Crippen LogP contribution in [0.15, 0.2) is 42.9 Å². The minimum absolute atomic E-state index is 0.0439. The molecule has 0 spiro atoms. The van der Waals surface area contributed by atoms with E-state index in [0.29, 0.717) is 18.7 Å². The first kappa shape index (κ1) is 14.0. The minimum atomic E-state index is -0.0439. The van der Waals surface area contributed by atoms with Crippen LogP contribution in [-0.4, -0.2) is 22.4 Å². The Bertz CT molecular complexity index is 557. The molecule has 2 rings (SSSR count). The summed E-state index contributed by atoms with van der Waals surface area (Å²) in [7, 11) is 0. The molecule has 104 valence electrons. The van der Waals surface area contributed by atoms with Crippen LogP contribution in [0.5, 0.6) is 0 Å². The van der Waals surface area contributed by atoms with Crippen LogP contribution in [0, 0.1) is 0 Å². The number of carbonyl (C=O) groups excluding carboxylic acids is 1. The predicted octanol–water partition coefficient (Wildman–Crippen LogP) is 2.23. The van der Waals surface area contributed by atoms with E-state index in [1.165, 1.54) is 6.33 Å². The van der Waals surface area contributed by atoms with Crippen molar-refractivity contribution in [2.45, 2.75) is 19.9 Å². The van der Waals surface area contributed by atoms with Crippen molar-refractivity contribution >= 4 is 11.6 Å². The molecule has 1 aromatic heterocycles. The number of hydrogen-bond acceptors (Lipinski definition) is 4. The van der Waals surface area contributed by atoms with Crippen molar-refractivity contribution in [2.24, 2.45) is 0 Å². The average Bonchev–Trinajstić information content (AvgIpc) is 2.52. The number of benzene rings is 1. The molecule has 1 heterocycles. The summed E-state index contributed by atoms with van der Waals surface area (Å²) in [5.74, 6) is -0.0439. The molecule has 20 heavy (non-hydrogen) atoms. The van der Waals surface area contributed by atoms with Crippen molar-refractivity contribution in [3.05, 3.63) is 54.1 Å². The zero-order chi connectivity index (χ0) is 14.2. The zero-order valence-corrected chi connectivity index (χ0v) is 11.5. The summed E-state index contributed by atoms with van der Waals surface area (Å²) >= 11 is 0. The molecule has 2 N–H and O–H groups in total. The van der Waals surface area contributed by atoms with E-state index in [4.69, 9.17) is 0 Å². The van der Waals surface area contributed by atoms with E-state index in [9.17, 15) is 4.79 Å². The topological polar surface area (TPSA) is 66.9 Å². The average molecular weight is 270 g/mol. The van der Waals surface area contributed by atoms with E-state index in [0.717, 1.165) is 17.8 Å². The first-order valence-electron chi connectivity index (χ1n) is 6.66. The first-order valence-corrected chi connectivity index (χ1v) is 6.66. The Kier molecular flexibility index (Phi) is 5.06. The SMILES string of the molecule is CCCNC(=O)c1cccc(NCc2ccncn2)c1. The highest BCUT2D eigenvalue weighted by Gasteiger charge is 2.05. The number of nitrogens with one attached hydrogen (secondary N) is 2. The lowest BCUT2D eigenvalue weighted by Crippen LogP contribution is -2.23. The molecule has 2 aromatic rings. The predicted molar refractivity (Wildman–Crippen MR) is 78.4 cm³/mol. The molecule has 0 aliphatic carbocycles. The van der Waals surface area contributed by atoms with Gasteiger partial charge in [-0.15, -0.1) is 0 Å². The highest BCUT2D eigenvalue weighted by atomic mass is 16.1. The van der Waals surface area contributed by atoms with Gasteiger partial charge in [-0.2, -0.15) is 0 Å². The molecule has 0 radical (unpaired) electrons. The third-order valence-corrected chi connectivity index (χ3v) is 2.78. The lowest BCUT2D eigenvalue weighted by Gasteiger charge is -2.08. The highest BCUT2D eigenvalue weighted by Crippen LogP contribution is 2.11. The van der Waals surface area contributed by atoms with E-state index in [2.05, 4.69) is 20.6 Å². The van der Waals surface area contributed by atoms with Crippen LogP contribution in [0.1, 0.15) is 29.4 Å². The molecule has 0 aliphatic rings. The van der Waals surface area contributed by atoms with Crippen LogP contribution in [0.3, 0.4) is 0 Å². The number of amides is 1. The van der Waals surface area contributed by atoms with Gasteiger partial charge in [-0.25, -0.2) is 9.97 Å². The van der Waals surface area contributed by atoms with Gasteiger partial charge in [0.25, 0.3) is 5.91 Å². The molecule has 1 amide bonds. The summed E-state index contributed by atoms with van der Waals surface area (Å²) in [5.41, 5.74) is 2.46. The summed E-state index contributed by atoms with van der Waals surface area (Å²) < 4.78 is 0.